The molecule has 5 heteroatoms. The van der Waals surface area contributed by atoms with Gasteiger partial charge in [-0.25, -0.2) is 4.39 Å². The van der Waals surface area contributed by atoms with E-state index in [9.17, 15) is 4.39 Å². The molecule has 0 aliphatic heterocycles. The lowest BCUT2D eigenvalue weighted by Crippen LogP contribution is -1.93. The van der Waals surface area contributed by atoms with Gasteiger partial charge in [-0.05, 0) is 31.2 Å². The van der Waals surface area contributed by atoms with Crippen molar-refractivity contribution in [1.29, 1.82) is 0 Å². The summed E-state index contributed by atoms with van der Waals surface area (Å²) < 4.78 is 15.3. The Balaban J connectivity index is 2.30. The van der Waals surface area contributed by atoms with Gasteiger partial charge in [-0.3, -0.25) is 4.68 Å². The third-order valence-electron chi connectivity index (χ3n) is 2.13. The van der Waals surface area contributed by atoms with E-state index in [0.29, 0.717) is 10.6 Å². The molecule has 0 fully saturated rings. The molecule has 16 heavy (non-hydrogen) atoms. The fourth-order valence-electron chi connectivity index (χ4n) is 1.39. The topological polar surface area (TPSA) is 43.8 Å². The van der Waals surface area contributed by atoms with Crippen molar-refractivity contribution in [2.24, 2.45) is 7.05 Å². The summed E-state index contributed by atoms with van der Waals surface area (Å²) in [7, 11) is 1.84. The van der Waals surface area contributed by atoms with Crippen LogP contribution in [0.5, 0.6) is 0 Å². The molecule has 2 aromatic rings. The minimum atomic E-state index is -0.302. The molecule has 84 valence electrons. The van der Waals surface area contributed by atoms with Crippen molar-refractivity contribution < 1.29 is 4.39 Å². The third-order valence-corrected chi connectivity index (χ3v) is 3.27. The number of hydrogen-bond acceptors (Lipinski definition) is 3. The first-order valence-corrected chi connectivity index (χ1v) is 5.61. The van der Waals surface area contributed by atoms with Crippen LogP contribution in [0.15, 0.2) is 34.2 Å². The fraction of sp³-hybridized carbons (Fsp3) is 0.182. The molecule has 1 aromatic carbocycles. The van der Waals surface area contributed by atoms with Crippen LogP contribution in [-0.2, 0) is 7.05 Å². The van der Waals surface area contributed by atoms with Crippen LogP contribution in [0, 0.1) is 12.7 Å². The number of aromatic nitrogens is 2. The molecule has 0 atom stereocenters. The van der Waals surface area contributed by atoms with E-state index in [0.717, 1.165) is 10.7 Å². The SMILES string of the molecule is Cc1cc(Sc2ccc(N)cc2F)n(C)n1. The van der Waals surface area contributed by atoms with Crippen LogP contribution in [0.2, 0.25) is 0 Å². The Labute approximate surface area is 97.5 Å². The average molecular weight is 237 g/mol. The van der Waals surface area contributed by atoms with Gasteiger partial charge in [0.05, 0.1) is 10.7 Å². The van der Waals surface area contributed by atoms with E-state index in [1.165, 1.54) is 17.8 Å². The highest BCUT2D eigenvalue weighted by molar-refractivity contribution is 7.99. The molecule has 0 radical (unpaired) electrons. The molecule has 0 bridgehead atoms. The van der Waals surface area contributed by atoms with Crippen molar-refractivity contribution in [3.05, 3.63) is 35.8 Å². The van der Waals surface area contributed by atoms with Crippen LogP contribution in [0.25, 0.3) is 0 Å². The van der Waals surface area contributed by atoms with Crippen molar-refractivity contribution in [2.45, 2.75) is 16.8 Å². The largest absolute Gasteiger partial charge is 0.399 e. The van der Waals surface area contributed by atoms with Gasteiger partial charge in [0.1, 0.15) is 5.82 Å². The second-order valence-electron chi connectivity index (χ2n) is 3.54. The predicted molar refractivity (Wildman–Crippen MR) is 62.9 cm³/mol. The predicted octanol–water partition coefficient (Wildman–Crippen LogP) is 2.60. The summed E-state index contributed by atoms with van der Waals surface area (Å²) in [6, 6.07) is 6.61. The number of halogens is 1. The zero-order valence-corrected chi connectivity index (χ0v) is 9.88. The normalized spacial score (nSPS) is 10.7. The summed E-state index contributed by atoms with van der Waals surface area (Å²) in [5.41, 5.74) is 6.84. The molecule has 0 aliphatic carbocycles. The van der Waals surface area contributed by atoms with Gasteiger partial charge >= 0.3 is 0 Å². The van der Waals surface area contributed by atoms with E-state index in [4.69, 9.17) is 5.73 Å². The molecule has 0 spiro atoms. The van der Waals surface area contributed by atoms with Gasteiger partial charge in [0.25, 0.3) is 0 Å². The molecule has 1 heterocycles. The minimum Gasteiger partial charge on any atom is -0.399 e. The molecular formula is C11H12FN3S. The molecule has 2 N–H and O–H groups in total. The quantitative estimate of drug-likeness (QED) is 0.816. The second kappa shape index (κ2) is 4.17. The molecule has 0 saturated heterocycles. The number of nitrogens with zero attached hydrogens (tertiary/aromatic N) is 2. The van der Waals surface area contributed by atoms with Crippen LogP contribution in [0.4, 0.5) is 10.1 Å². The van der Waals surface area contributed by atoms with Crippen LogP contribution in [-0.4, -0.2) is 9.78 Å². The van der Waals surface area contributed by atoms with Gasteiger partial charge in [-0.1, -0.05) is 11.8 Å². The highest BCUT2D eigenvalue weighted by Gasteiger charge is 2.08. The monoisotopic (exact) mass is 237 g/mol. The molecule has 0 unspecified atom stereocenters. The number of nitrogens with two attached hydrogens (primary N) is 1. The fourth-order valence-corrected chi connectivity index (χ4v) is 2.32. The maximum atomic E-state index is 13.5. The molecule has 2 rings (SSSR count). The summed E-state index contributed by atoms with van der Waals surface area (Å²) in [4.78, 5) is 0.553. The van der Waals surface area contributed by atoms with Crippen LogP contribution < -0.4 is 5.73 Å². The maximum Gasteiger partial charge on any atom is 0.139 e. The highest BCUT2D eigenvalue weighted by atomic mass is 32.2. The van der Waals surface area contributed by atoms with E-state index >= 15 is 0 Å². The van der Waals surface area contributed by atoms with E-state index in [2.05, 4.69) is 5.10 Å². The Morgan fingerprint density at radius 2 is 2.12 bits per heavy atom. The van der Waals surface area contributed by atoms with Gasteiger partial charge in [-0.15, -0.1) is 0 Å². The van der Waals surface area contributed by atoms with Crippen molar-refractivity contribution in [1.82, 2.24) is 9.78 Å². The van der Waals surface area contributed by atoms with Crippen LogP contribution in [0.1, 0.15) is 5.69 Å². The lowest BCUT2D eigenvalue weighted by atomic mass is 10.3. The molecule has 0 aliphatic rings. The van der Waals surface area contributed by atoms with Crippen molar-refractivity contribution >= 4 is 17.4 Å². The smallest absolute Gasteiger partial charge is 0.139 e. The zero-order valence-electron chi connectivity index (χ0n) is 9.07. The Morgan fingerprint density at radius 1 is 1.38 bits per heavy atom. The first-order chi connectivity index (χ1) is 7.56. The molecule has 0 amide bonds. The molecule has 1 aromatic heterocycles. The molecule has 0 saturated carbocycles. The average Bonchev–Trinajstić information content (AvgIpc) is 2.50. The maximum absolute atomic E-state index is 13.5. The Morgan fingerprint density at radius 3 is 2.69 bits per heavy atom. The number of nitrogen functional groups attached to an aromatic ring is 1. The Kier molecular flexibility index (Phi) is 2.87. The van der Waals surface area contributed by atoms with Crippen molar-refractivity contribution in [2.75, 3.05) is 5.73 Å². The van der Waals surface area contributed by atoms with Crippen LogP contribution in [0.3, 0.4) is 0 Å². The number of hydrogen-bond donors (Lipinski definition) is 1. The Hall–Kier alpha value is -1.49. The summed E-state index contributed by atoms with van der Waals surface area (Å²) >= 11 is 1.34. The minimum absolute atomic E-state index is 0.302. The number of aryl methyl sites for hydroxylation is 2. The molecular weight excluding hydrogens is 225 g/mol. The third kappa shape index (κ3) is 2.19. The van der Waals surface area contributed by atoms with Gasteiger partial charge in [0.15, 0.2) is 0 Å². The first-order valence-electron chi connectivity index (χ1n) is 4.80. The lowest BCUT2D eigenvalue weighted by Gasteiger charge is -2.03. The first kappa shape index (κ1) is 11.0. The highest BCUT2D eigenvalue weighted by Crippen LogP contribution is 2.30. The summed E-state index contributed by atoms with van der Waals surface area (Å²) in [5.74, 6) is -0.302. The summed E-state index contributed by atoms with van der Waals surface area (Å²) in [6.07, 6.45) is 0. The van der Waals surface area contributed by atoms with E-state index in [-0.39, 0.29) is 5.82 Å². The summed E-state index contributed by atoms with van der Waals surface area (Å²) in [5, 5.41) is 5.11. The summed E-state index contributed by atoms with van der Waals surface area (Å²) in [6.45, 7) is 1.91. The van der Waals surface area contributed by atoms with E-state index in [1.54, 1.807) is 16.8 Å². The number of benzene rings is 1. The lowest BCUT2D eigenvalue weighted by molar-refractivity contribution is 0.602. The van der Waals surface area contributed by atoms with Crippen molar-refractivity contribution in [3.63, 3.8) is 0 Å². The van der Waals surface area contributed by atoms with E-state index < -0.39 is 0 Å². The second-order valence-corrected chi connectivity index (χ2v) is 4.60. The van der Waals surface area contributed by atoms with Gasteiger partial charge in [-0.2, -0.15) is 5.10 Å². The van der Waals surface area contributed by atoms with Gasteiger partial charge in [0.2, 0.25) is 0 Å². The standard InChI is InChI=1S/C11H12FN3S/c1-7-5-11(15(2)14-7)16-10-4-3-8(13)6-9(10)12/h3-6H,13H2,1-2H3. The van der Waals surface area contributed by atoms with Gasteiger partial charge < -0.3 is 5.73 Å². The van der Waals surface area contributed by atoms with Gasteiger partial charge in [0, 0.05) is 17.6 Å². The zero-order chi connectivity index (χ0) is 11.7. The van der Waals surface area contributed by atoms with Crippen LogP contribution >= 0.6 is 11.8 Å². The van der Waals surface area contributed by atoms with E-state index in [1.807, 2.05) is 20.0 Å². The number of rotatable bonds is 2. The number of anilines is 1. The van der Waals surface area contributed by atoms with Crippen molar-refractivity contribution in [3.8, 4) is 0 Å². The molecule has 3 nitrogen and oxygen atoms in total. The Bertz CT molecular complexity index is 522.